The van der Waals surface area contributed by atoms with Crippen LogP contribution in [0.5, 0.6) is 0 Å². The zero-order chi connectivity index (χ0) is 17.2. The number of carbonyl (C=O) groups is 1. The lowest BCUT2D eigenvalue weighted by atomic mass is 10.3. The molecule has 1 amide bonds. The number of rotatable bonds is 4. The standard InChI is InChI=1S/C18H21N5OS/c1-2-9-23-15(7-8-19-23)17(24)21-10-12-22(13-11-21)18-20-14-5-3-4-6-16(14)25-18/h3-8H,2,9-13H2,1H3. The Morgan fingerprint density at radius 1 is 1.16 bits per heavy atom. The van der Waals surface area contributed by atoms with Gasteiger partial charge in [-0.05, 0) is 24.6 Å². The normalized spacial score (nSPS) is 15.1. The van der Waals surface area contributed by atoms with Crippen molar-refractivity contribution in [2.75, 3.05) is 31.1 Å². The molecule has 3 heterocycles. The van der Waals surface area contributed by atoms with Crippen molar-refractivity contribution in [1.82, 2.24) is 19.7 Å². The number of thiazole rings is 1. The molecule has 130 valence electrons. The van der Waals surface area contributed by atoms with Gasteiger partial charge in [-0.3, -0.25) is 9.48 Å². The largest absolute Gasteiger partial charge is 0.345 e. The first-order valence-corrected chi connectivity index (χ1v) is 9.49. The van der Waals surface area contributed by atoms with E-state index < -0.39 is 0 Å². The van der Waals surface area contributed by atoms with Crippen LogP contribution in [0.3, 0.4) is 0 Å². The number of nitrogens with zero attached hydrogens (tertiary/aromatic N) is 5. The van der Waals surface area contributed by atoms with E-state index in [1.807, 2.05) is 33.8 Å². The fourth-order valence-corrected chi connectivity index (χ4v) is 4.18. The maximum absolute atomic E-state index is 12.8. The molecule has 0 aliphatic carbocycles. The van der Waals surface area contributed by atoms with Gasteiger partial charge in [0.2, 0.25) is 0 Å². The van der Waals surface area contributed by atoms with Gasteiger partial charge in [0.05, 0.1) is 10.2 Å². The number of carbonyl (C=O) groups excluding carboxylic acids is 1. The Morgan fingerprint density at radius 2 is 1.96 bits per heavy atom. The topological polar surface area (TPSA) is 54.3 Å². The van der Waals surface area contributed by atoms with Crippen molar-refractivity contribution in [2.45, 2.75) is 19.9 Å². The third-order valence-corrected chi connectivity index (χ3v) is 5.59. The molecule has 0 N–H and O–H groups in total. The van der Waals surface area contributed by atoms with Crippen molar-refractivity contribution in [3.05, 3.63) is 42.2 Å². The van der Waals surface area contributed by atoms with Crippen LogP contribution in [0.4, 0.5) is 5.13 Å². The predicted octanol–water partition coefficient (Wildman–Crippen LogP) is 2.87. The van der Waals surface area contributed by atoms with Crippen LogP contribution in [0, 0.1) is 0 Å². The van der Waals surface area contributed by atoms with Crippen LogP contribution in [0.25, 0.3) is 10.2 Å². The lowest BCUT2D eigenvalue weighted by Crippen LogP contribution is -2.49. The molecular weight excluding hydrogens is 334 g/mol. The summed E-state index contributed by atoms with van der Waals surface area (Å²) in [6, 6.07) is 10.0. The number of aryl methyl sites for hydroxylation is 1. The van der Waals surface area contributed by atoms with Crippen molar-refractivity contribution >= 4 is 32.6 Å². The SMILES string of the molecule is CCCn1nccc1C(=O)N1CCN(c2nc3ccccc3s2)CC1. The Labute approximate surface area is 150 Å². The maximum atomic E-state index is 12.8. The average molecular weight is 355 g/mol. The summed E-state index contributed by atoms with van der Waals surface area (Å²) in [5, 5.41) is 5.30. The van der Waals surface area contributed by atoms with Crippen LogP contribution in [0.2, 0.25) is 0 Å². The van der Waals surface area contributed by atoms with E-state index >= 15 is 0 Å². The fraction of sp³-hybridized carbons (Fsp3) is 0.389. The Kier molecular flexibility index (Phi) is 4.40. The third-order valence-electron chi connectivity index (χ3n) is 4.49. The number of benzene rings is 1. The Hall–Kier alpha value is -2.41. The summed E-state index contributed by atoms with van der Waals surface area (Å²) in [6.07, 6.45) is 2.67. The summed E-state index contributed by atoms with van der Waals surface area (Å²) in [6.45, 7) is 5.92. The highest BCUT2D eigenvalue weighted by atomic mass is 32.1. The van der Waals surface area contributed by atoms with E-state index in [0.29, 0.717) is 18.8 Å². The number of amides is 1. The molecule has 1 saturated heterocycles. The Morgan fingerprint density at radius 3 is 2.72 bits per heavy atom. The van der Waals surface area contributed by atoms with Gasteiger partial charge < -0.3 is 9.80 Å². The van der Waals surface area contributed by atoms with Gasteiger partial charge in [-0.15, -0.1) is 0 Å². The lowest BCUT2D eigenvalue weighted by molar-refractivity contribution is 0.0734. The van der Waals surface area contributed by atoms with Gasteiger partial charge in [0.15, 0.2) is 5.13 Å². The molecule has 0 bridgehead atoms. The highest BCUT2D eigenvalue weighted by Gasteiger charge is 2.25. The minimum Gasteiger partial charge on any atom is -0.345 e. The van der Waals surface area contributed by atoms with Gasteiger partial charge in [-0.2, -0.15) is 5.10 Å². The van der Waals surface area contributed by atoms with E-state index in [4.69, 9.17) is 4.98 Å². The van der Waals surface area contributed by atoms with E-state index in [1.165, 1.54) is 4.70 Å². The number of hydrogen-bond donors (Lipinski definition) is 0. The van der Waals surface area contributed by atoms with Crippen molar-refractivity contribution in [3.63, 3.8) is 0 Å². The van der Waals surface area contributed by atoms with E-state index in [9.17, 15) is 4.79 Å². The molecule has 3 aromatic rings. The molecule has 0 radical (unpaired) electrons. The van der Waals surface area contributed by atoms with Crippen molar-refractivity contribution in [2.24, 2.45) is 0 Å². The van der Waals surface area contributed by atoms with Crippen LogP contribution in [0.15, 0.2) is 36.5 Å². The van der Waals surface area contributed by atoms with Crippen molar-refractivity contribution < 1.29 is 4.79 Å². The summed E-state index contributed by atoms with van der Waals surface area (Å²) in [7, 11) is 0. The van der Waals surface area contributed by atoms with Crippen LogP contribution in [0.1, 0.15) is 23.8 Å². The summed E-state index contributed by atoms with van der Waals surface area (Å²) >= 11 is 1.72. The van der Waals surface area contributed by atoms with E-state index in [1.54, 1.807) is 17.5 Å². The zero-order valence-electron chi connectivity index (χ0n) is 14.3. The molecule has 4 rings (SSSR count). The van der Waals surface area contributed by atoms with E-state index in [0.717, 1.165) is 36.7 Å². The quantitative estimate of drug-likeness (QED) is 0.722. The highest BCUT2D eigenvalue weighted by Crippen LogP contribution is 2.29. The molecule has 25 heavy (non-hydrogen) atoms. The average Bonchev–Trinajstić information content (AvgIpc) is 3.28. The fourth-order valence-electron chi connectivity index (χ4n) is 3.16. The lowest BCUT2D eigenvalue weighted by Gasteiger charge is -2.34. The van der Waals surface area contributed by atoms with Gasteiger partial charge in [0.25, 0.3) is 5.91 Å². The highest BCUT2D eigenvalue weighted by molar-refractivity contribution is 7.22. The molecule has 6 nitrogen and oxygen atoms in total. The second-order valence-corrected chi connectivity index (χ2v) is 7.19. The molecule has 0 spiro atoms. The third kappa shape index (κ3) is 3.11. The zero-order valence-corrected chi connectivity index (χ0v) is 15.1. The summed E-state index contributed by atoms with van der Waals surface area (Å²) < 4.78 is 3.02. The van der Waals surface area contributed by atoms with Gasteiger partial charge in [-0.1, -0.05) is 30.4 Å². The molecule has 2 aromatic heterocycles. The van der Waals surface area contributed by atoms with Crippen molar-refractivity contribution in [3.8, 4) is 0 Å². The molecule has 1 fully saturated rings. The smallest absolute Gasteiger partial charge is 0.272 e. The molecule has 0 saturated carbocycles. The molecule has 1 aliphatic heterocycles. The molecule has 0 unspecified atom stereocenters. The molecular formula is C18H21N5OS. The summed E-state index contributed by atoms with van der Waals surface area (Å²) in [4.78, 5) is 21.7. The van der Waals surface area contributed by atoms with Crippen LogP contribution in [-0.4, -0.2) is 51.8 Å². The van der Waals surface area contributed by atoms with Crippen LogP contribution in [-0.2, 0) is 6.54 Å². The van der Waals surface area contributed by atoms with Gasteiger partial charge in [-0.25, -0.2) is 4.98 Å². The predicted molar refractivity (Wildman–Crippen MR) is 100 cm³/mol. The van der Waals surface area contributed by atoms with Gasteiger partial charge in [0.1, 0.15) is 5.69 Å². The summed E-state index contributed by atoms with van der Waals surface area (Å²) in [5.74, 6) is 0.0786. The van der Waals surface area contributed by atoms with Crippen LogP contribution >= 0.6 is 11.3 Å². The monoisotopic (exact) mass is 355 g/mol. The van der Waals surface area contributed by atoms with E-state index in [2.05, 4.69) is 23.0 Å². The van der Waals surface area contributed by atoms with Gasteiger partial charge in [0, 0.05) is 38.9 Å². The molecule has 1 aromatic carbocycles. The minimum absolute atomic E-state index is 0.0786. The van der Waals surface area contributed by atoms with Gasteiger partial charge >= 0.3 is 0 Å². The number of para-hydroxylation sites is 1. The molecule has 0 atom stereocenters. The molecule has 7 heteroatoms. The Bertz CT molecular complexity index is 845. The number of aromatic nitrogens is 3. The molecule has 1 aliphatic rings. The summed E-state index contributed by atoms with van der Waals surface area (Å²) in [5.41, 5.74) is 1.74. The number of piperazine rings is 1. The van der Waals surface area contributed by atoms with E-state index in [-0.39, 0.29) is 5.91 Å². The minimum atomic E-state index is 0.0786. The second-order valence-electron chi connectivity index (χ2n) is 6.18. The maximum Gasteiger partial charge on any atom is 0.272 e. The first-order valence-electron chi connectivity index (χ1n) is 8.68. The number of anilines is 1. The number of hydrogen-bond acceptors (Lipinski definition) is 5. The van der Waals surface area contributed by atoms with Crippen LogP contribution < -0.4 is 4.90 Å². The first-order chi connectivity index (χ1) is 12.3. The van der Waals surface area contributed by atoms with Crippen molar-refractivity contribution in [1.29, 1.82) is 0 Å². The number of fused-ring (bicyclic) bond motifs is 1. The first kappa shape index (κ1) is 16.1. The second kappa shape index (κ2) is 6.84. The Balaban J connectivity index is 1.44.